The third-order valence-electron chi connectivity index (χ3n) is 2.55. The molecule has 0 saturated carbocycles. The van der Waals surface area contributed by atoms with E-state index in [-0.39, 0.29) is 5.15 Å². The molecule has 98 valence electrons. The number of fused-ring (bicyclic) bond motifs is 1. The highest BCUT2D eigenvalue weighted by molar-refractivity contribution is 6.34. The van der Waals surface area contributed by atoms with Gasteiger partial charge in [-0.05, 0) is 32.0 Å². The van der Waals surface area contributed by atoms with Crippen LogP contribution in [0.3, 0.4) is 0 Å². The van der Waals surface area contributed by atoms with Gasteiger partial charge in [0.05, 0.1) is 17.2 Å². The highest BCUT2D eigenvalue weighted by atomic mass is 35.5. The molecule has 0 fully saturated rings. The summed E-state index contributed by atoms with van der Waals surface area (Å²) in [6, 6.07) is 7.18. The molecule has 0 atom stereocenters. The molecule has 19 heavy (non-hydrogen) atoms. The van der Waals surface area contributed by atoms with Gasteiger partial charge in [0, 0.05) is 17.3 Å². The van der Waals surface area contributed by atoms with Crippen molar-refractivity contribution in [3.8, 4) is 6.07 Å². The number of aromatic nitrogens is 2. The number of rotatable bonds is 3. The van der Waals surface area contributed by atoms with Crippen LogP contribution in [-0.4, -0.2) is 27.4 Å². The first-order valence-corrected chi connectivity index (χ1v) is 6.11. The number of benzene rings is 1. The second kappa shape index (κ2) is 5.00. The molecule has 2 rings (SSSR count). The molecule has 0 spiro atoms. The van der Waals surface area contributed by atoms with Crippen molar-refractivity contribution in [2.24, 2.45) is 0 Å². The summed E-state index contributed by atoms with van der Waals surface area (Å²) < 4.78 is 0. The van der Waals surface area contributed by atoms with E-state index < -0.39 is 5.60 Å². The van der Waals surface area contributed by atoms with Crippen LogP contribution in [0.5, 0.6) is 0 Å². The molecule has 0 bridgehead atoms. The van der Waals surface area contributed by atoms with Crippen LogP contribution < -0.4 is 5.32 Å². The average molecular weight is 277 g/mol. The molecule has 0 amide bonds. The Bertz CT molecular complexity index is 658. The molecule has 2 aromatic rings. The van der Waals surface area contributed by atoms with Crippen LogP contribution in [0.15, 0.2) is 18.2 Å². The van der Waals surface area contributed by atoms with Crippen LogP contribution in [0, 0.1) is 11.3 Å². The largest absolute Gasteiger partial charge is 0.389 e. The van der Waals surface area contributed by atoms with Crippen LogP contribution in [0.1, 0.15) is 19.4 Å². The van der Waals surface area contributed by atoms with E-state index in [1.54, 1.807) is 32.0 Å². The van der Waals surface area contributed by atoms with Gasteiger partial charge in [-0.2, -0.15) is 5.26 Å². The summed E-state index contributed by atoms with van der Waals surface area (Å²) in [6.45, 7) is 3.69. The van der Waals surface area contributed by atoms with Gasteiger partial charge in [-0.3, -0.25) is 0 Å². The van der Waals surface area contributed by atoms with Gasteiger partial charge in [0.1, 0.15) is 0 Å². The van der Waals surface area contributed by atoms with E-state index in [0.717, 1.165) is 0 Å². The number of aliphatic hydroxyl groups is 1. The predicted octanol–water partition coefficient (Wildman–Crippen LogP) is 2.34. The lowest BCUT2D eigenvalue weighted by atomic mass is 10.1. The maximum Gasteiger partial charge on any atom is 0.159 e. The SMILES string of the molecule is CC(C)(O)CNc1nnc(Cl)c2ccc(C#N)cc12. The first-order chi connectivity index (χ1) is 8.90. The van der Waals surface area contributed by atoms with Crippen molar-refractivity contribution in [2.75, 3.05) is 11.9 Å². The lowest BCUT2D eigenvalue weighted by molar-refractivity contribution is 0.0944. The van der Waals surface area contributed by atoms with Crippen LogP contribution in [0.4, 0.5) is 5.82 Å². The predicted molar refractivity (Wildman–Crippen MR) is 74.1 cm³/mol. The van der Waals surface area contributed by atoms with E-state index >= 15 is 0 Å². The topological polar surface area (TPSA) is 81.8 Å². The van der Waals surface area contributed by atoms with Crippen molar-refractivity contribution in [3.05, 3.63) is 28.9 Å². The van der Waals surface area contributed by atoms with Gasteiger partial charge >= 0.3 is 0 Å². The molecule has 6 heteroatoms. The van der Waals surface area contributed by atoms with E-state index in [1.165, 1.54) is 0 Å². The zero-order valence-corrected chi connectivity index (χ0v) is 11.4. The molecule has 1 aromatic heterocycles. The van der Waals surface area contributed by atoms with Gasteiger partial charge in [0.2, 0.25) is 0 Å². The third-order valence-corrected chi connectivity index (χ3v) is 2.83. The fraction of sp³-hybridized carbons (Fsp3) is 0.308. The zero-order valence-electron chi connectivity index (χ0n) is 10.6. The minimum atomic E-state index is -0.875. The van der Waals surface area contributed by atoms with Crippen molar-refractivity contribution < 1.29 is 5.11 Å². The van der Waals surface area contributed by atoms with Gasteiger partial charge in [0.15, 0.2) is 11.0 Å². The van der Waals surface area contributed by atoms with Crippen molar-refractivity contribution in [2.45, 2.75) is 19.4 Å². The summed E-state index contributed by atoms with van der Waals surface area (Å²) in [5.41, 5.74) is -0.358. The molecule has 5 nitrogen and oxygen atoms in total. The van der Waals surface area contributed by atoms with Gasteiger partial charge in [-0.1, -0.05) is 11.6 Å². The second-order valence-electron chi connectivity index (χ2n) is 4.88. The fourth-order valence-corrected chi connectivity index (χ4v) is 1.82. The Hall–Kier alpha value is -1.90. The molecule has 1 aromatic carbocycles. The van der Waals surface area contributed by atoms with Crippen LogP contribution in [-0.2, 0) is 0 Å². The van der Waals surface area contributed by atoms with Crippen LogP contribution in [0.25, 0.3) is 10.8 Å². The molecule has 0 aliphatic carbocycles. The Labute approximate surface area is 115 Å². The summed E-state index contributed by atoms with van der Waals surface area (Å²) >= 11 is 5.98. The number of hydrogen-bond donors (Lipinski definition) is 2. The van der Waals surface area contributed by atoms with Gasteiger partial charge in [0.25, 0.3) is 0 Å². The molecule has 0 aliphatic heterocycles. The number of anilines is 1. The minimum Gasteiger partial charge on any atom is -0.389 e. The molecule has 2 N–H and O–H groups in total. The van der Waals surface area contributed by atoms with Gasteiger partial charge < -0.3 is 10.4 Å². The normalized spacial score (nSPS) is 11.3. The lowest BCUT2D eigenvalue weighted by Crippen LogP contribution is -2.29. The summed E-state index contributed by atoms with van der Waals surface area (Å²) in [5, 5.41) is 31.2. The van der Waals surface area contributed by atoms with E-state index in [2.05, 4.69) is 21.6 Å². The Morgan fingerprint density at radius 2 is 2.11 bits per heavy atom. The standard InChI is InChI=1S/C13H13ClN4O/c1-13(2,19)7-16-12-10-5-8(6-15)3-4-9(10)11(14)17-18-12/h3-5,19H,7H2,1-2H3,(H,16,18). The van der Waals surface area contributed by atoms with E-state index in [1.807, 2.05) is 0 Å². The summed E-state index contributed by atoms with van der Waals surface area (Å²) in [6.07, 6.45) is 0. The third kappa shape index (κ3) is 3.11. The Kier molecular flexibility index (Phi) is 3.56. The average Bonchev–Trinajstić information content (AvgIpc) is 2.36. The Balaban J connectivity index is 2.49. The molecule has 0 unspecified atom stereocenters. The number of nitriles is 1. The van der Waals surface area contributed by atoms with Crippen molar-refractivity contribution >= 4 is 28.2 Å². The van der Waals surface area contributed by atoms with Gasteiger partial charge in [-0.15, -0.1) is 10.2 Å². The molecule has 0 saturated heterocycles. The quantitative estimate of drug-likeness (QED) is 0.899. The van der Waals surface area contributed by atoms with Crippen molar-refractivity contribution in [3.63, 3.8) is 0 Å². The van der Waals surface area contributed by atoms with Crippen molar-refractivity contribution in [1.29, 1.82) is 5.26 Å². The first kappa shape index (κ1) is 13.5. The van der Waals surface area contributed by atoms with Gasteiger partial charge in [-0.25, -0.2) is 0 Å². The number of hydrogen-bond acceptors (Lipinski definition) is 5. The molecular weight excluding hydrogens is 264 g/mol. The highest BCUT2D eigenvalue weighted by Gasteiger charge is 2.14. The summed E-state index contributed by atoms with van der Waals surface area (Å²) in [4.78, 5) is 0. The number of halogens is 1. The zero-order chi connectivity index (χ0) is 14.0. The Morgan fingerprint density at radius 3 is 2.74 bits per heavy atom. The van der Waals surface area contributed by atoms with E-state index in [9.17, 15) is 5.11 Å². The fourth-order valence-electron chi connectivity index (χ4n) is 1.62. The first-order valence-electron chi connectivity index (χ1n) is 5.73. The molecular formula is C13H13ClN4O. The molecule has 0 aliphatic rings. The second-order valence-corrected chi connectivity index (χ2v) is 5.24. The summed E-state index contributed by atoms with van der Waals surface area (Å²) in [5.74, 6) is 0.499. The smallest absolute Gasteiger partial charge is 0.159 e. The maximum atomic E-state index is 9.72. The van der Waals surface area contributed by atoms with Crippen molar-refractivity contribution in [1.82, 2.24) is 10.2 Å². The van der Waals surface area contributed by atoms with Crippen LogP contribution >= 0.6 is 11.6 Å². The lowest BCUT2D eigenvalue weighted by Gasteiger charge is -2.18. The van der Waals surface area contributed by atoms with Crippen LogP contribution in [0.2, 0.25) is 5.15 Å². The molecule has 0 radical (unpaired) electrons. The molecule has 1 heterocycles. The van der Waals surface area contributed by atoms with E-state index in [0.29, 0.717) is 28.7 Å². The summed E-state index contributed by atoms with van der Waals surface area (Å²) in [7, 11) is 0. The monoisotopic (exact) mass is 276 g/mol. The Morgan fingerprint density at radius 1 is 1.37 bits per heavy atom. The number of nitrogens with zero attached hydrogens (tertiary/aromatic N) is 3. The number of nitrogens with one attached hydrogen (secondary N) is 1. The van der Waals surface area contributed by atoms with E-state index in [4.69, 9.17) is 16.9 Å². The maximum absolute atomic E-state index is 9.72. The highest BCUT2D eigenvalue weighted by Crippen LogP contribution is 2.27. The minimum absolute atomic E-state index is 0.285.